The minimum absolute atomic E-state index is 0.279. The lowest BCUT2D eigenvalue weighted by atomic mass is 9.83. The van der Waals surface area contributed by atoms with Crippen molar-refractivity contribution in [2.24, 2.45) is 11.3 Å². The molecular formula is C7H12ClNO. The van der Waals surface area contributed by atoms with E-state index in [1.165, 1.54) is 0 Å². The molecule has 0 bridgehead atoms. The van der Waals surface area contributed by atoms with Crippen LogP contribution in [0.5, 0.6) is 0 Å². The molecule has 2 nitrogen and oxygen atoms in total. The van der Waals surface area contributed by atoms with Gasteiger partial charge in [0.25, 0.3) is 0 Å². The summed E-state index contributed by atoms with van der Waals surface area (Å²) in [7, 11) is 0. The number of hydrogen-bond donors (Lipinski definition) is 1. The summed E-state index contributed by atoms with van der Waals surface area (Å²) < 4.78 is 5.38. The van der Waals surface area contributed by atoms with Gasteiger partial charge in [-0.3, -0.25) is 0 Å². The Labute approximate surface area is 65.9 Å². The lowest BCUT2D eigenvalue weighted by Crippen LogP contribution is -2.31. The fraction of sp³-hybridized carbons (Fsp3) is 1.00. The van der Waals surface area contributed by atoms with Crippen molar-refractivity contribution in [2.75, 3.05) is 32.2 Å². The first-order valence-electron chi connectivity index (χ1n) is 3.72. The second kappa shape index (κ2) is 2.36. The number of rotatable bonds is 1. The lowest BCUT2D eigenvalue weighted by Gasteiger charge is -2.22. The van der Waals surface area contributed by atoms with Gasteiger partial charge in [-0.25, -0.2) is 0 Å². The minimum Gasteiger partial charge on any atom is -0.380 e. The van der Waals surface area contributed by atoms with Crippen LogP contribution in [0.2, 0.25) is 0 Å². The summed E-state index contributed by atoms with van der Waals surface area (Å²) in [4.78, 5) is 0. The van der Waals surface area contributed by atoms with Crippen molar-refractivity contribution in [3.8, 4) is 0 Å². The Hall–Kier alpha value is 0.210. The van der Waals surface area contributed by atoms with Crippen molar-refractivity contribution in [1.82, 2.24) is 5.32 Å². The van der Waals surface area contributed by atoms with Crippen LogP contribution in [0.25, 0.3) is 0 Å². The molecule has 2 fully saturated rings. The average molecular weight is 162 g/mol. The number of hydrogen-bond acceptors (Lipinski definition) is 2. The zero-order chi connectivity index (χ0) is 7.03. The first kappa shape index (κ1) is 6.89. The van der Waals surface area contributed by atoms with E-state index >= 15 is 0 Å². The smallest absolute Gasteiger partial charge is 0.0550 e. The van der Waals surface area contributed by atoms with E-state index in [1.807, 2.05) is 0 Å². The van der Waals surface area contributed by atoms with Crippen molar-refractivity contribution >= 4 is 11.6 Å². The fourth-order valence-corrected chi connectivity index (χ4v) is 2.25. The zero-order valence-electron chi connectivity index (χ0n) is 5.90. The SMILES string of the molecule is ClC[C@]12CNC[C@H]1COC2. The molecule has 0 aromatic rings. The number of fused-ring (bicyclic) bond motifs is 1. The van der Waals surface area contributed by atoms with Crippen molar-refractivity contribution in [1.29, 1.82) is 0 Å². The van der Waals surface area contributed by atoms with Crippen LogP contribution in [0.15, 0.2) is 0 Å². The van der Waals surface area contributed by atoms with Gasteiger partial charge in [-0.1, -0.05) is 0 Å². The van der Waals surface area contributed by atoms with Gasteiger partial charge in [-0.2, -0.15) is 0 Å². The van der Waals surface area contributed by atoms with Crippen LogP contribution in [0, 0.1) is 11.3 Å². The van der Waals surface area contributed by atoms with Gasteiger partial charge in [0.15, 0.2) is 0 Å². The van der Waals surface area contributed by atoms with Crippen LogP contribution >= 0.6 is 11.6 Å². The standard InChI is InChI=1S/C7H12ClNO/c8-3-7-4-9-1-6(7)2-10-5-7/h6,9H,1-5H2/t6-,7+/m0/s1. The third-order valence-corrected chi connectivity index (χ3v) is 3.24. The van der Waals surface area contributed by atoms with E-state index in [1.54, 1.807) is 0 Å². The number of ether oxygens (including phenoxy) is 1. The van der Waals surface area contributed by atoms with Crippen LogP contribution in [0.3, 0.4) is 0 Å². The molecule has 3 heteroatoms. The molecule has 0 unspecified atom stereocenters. The third-order valence-electron chi connectivity index (χ3n) is 2.71. The first-order valence-corrected chi connectivity index (χ1v) is 4.25. The van der Waals surface area contributed by atoms with E-state index in [2.05, 4.69) is 5.32 Å². The Bertz CT molecular complexity index is 130. The Morgan fingerprint density at radius 1 is 1.70 bits per heavy atom. The molecule has 0 aromatic heterocycles. The molecule has 2 saturated heterocycles. The molecule has 0 saturated carbocycles. The Morgan fingerprint density at radius 3 is 3.30 bits per heavy atom. The summed E-state index contributed by atoms with van der Waals surface area (Å²) in [6.07, 6.45) is 0. The largest absolute Gasteiger partial charge is 0.380 e. The maximum absolute atomic E-state index is 5.88. The maximum atomic E-state index is 5.88. The monoisotopic (exact) mass is 161 g/mol. The molecule has 2 atom stereocenters. The minimum atomic E-state index is 0.279. The summed E-state index contributed by atoms with van der Waals surface area (Å²) in [6, 6.07) is 0. The molecule has 2 heterocycles. The van der Waals surface area contributed by atoms with Crippen molar-refractivity contribution < 1.29 is 4.74 Å². The van der Waals surface area contributed by atoms with Crippen LogP contribution < -0.4 is 5.32 Å². The van der Waals surface area contributed by atoms with Gasteiger partial charge >= 0.3 is 0 Å². The molecule has 1 N–H and O–H groups in total. The van der Waals surface area contributed by atoms with Gasteiger partial charge < -0.3 is 10.1 Å². The molecule has 2 rings (SSSR count). The average Bonchev–Trinajstić information content (AvgIpc) is 2.42. The predicted molar refractivity (Wildman–Crippen MR) is 40.3 cm³/mol. The van der Waals surface area contributed by atoms with Gasteiger partial charge in [0.2, 0.25) is 0 Å². The van der Waals surface area contributed by atoms with Gasteiger partial charge in [0, 0.05) is 30.3 Å². The Kier molecular flexibility index (Phi) is 1.63. The predicted octanol–water partition coefficient (Wildman–Crippen LogP) is 0.461. The summed E-state index contributed by atoms with van der Waals surface area (Å²) in [6.45, 7) is 3.89. The van der Waals surface area contributed by atoms with Crippen LogP contribution in [0.1, 0.15) is 0 Å². The Balaban J connectivity index is 2.15. The lowest BCUT2D eigenvalue weighted by molar-refractivity contribution is 0.159. The molecule has 2 aliphatic heterocycles. The molecule has 2 aliphatic rings. The van der Waals surface area contributed by atoms with Crippen molar-refractivity contribution in [2.45, 2.75) is 0 Å². The van der Waals surface area contributed by atoms with E-state index < -0.39 is 0 Å². The molecule has 0 spiro atoms. The second-order valence-electron chi connectivity index (χ2n) is 3.34. The molecule has 0 radical (unpaired) electrons. The number of alkyl halides is 1. The molecule has 0 aliphatic carbocycles. The summed E-state index contributed by atoms with van der Waals surface area (Å²) in [5, 5.41) is 3.35. The first-order chi connectivity index (χ1) is 4.87. The topological polar surface area (TPSA) is 21.3 Å². The van der Waals surface area contributed by atoms with Crippen molar-refractivity contribution in [3.63, 3.8) is 0 Å². The van der Waals surface area contributed by atoms with E-state index in [0.717, 1.165) is 32.2 Å². The van der Waals surface area contributed by atoms with E-state index in [4.69, 9.17) is 16.3 Å². The Morgan fingerprint density at radius 2 is 2.60 bits per heavy atom. The normalized spacial score (nSPS) is 45.9. The summed E-state index contributed by atoms with van der Waals surface area (Å²) >= 11 is 5.88. The van der Waals surface area contributed by atoms with Crippen molar-refractivity contribution in [3.05, 3.63) is 0 Å². The second-order valence-corrected chi connectivity index (χ2v) is 3.61. The van der Waals surface area contributed by atoms with Crippen LogP contribution in [0.4, 0.5) is 0 Å². The van der Waals surface area contributed by atoms with Gasteiger partial charge in [-0.15, -0.1) is 11.6 Å². The van der Waals surface area contributed by atoms with Gasteiger partial charge in [0.1, 0.15) is 0 Å². The van der Waals surface area contributed by atoms with Crippen LogP contribution in [-0.4, -0.2) is 32.2 Å². The summed E-state index contributed by atoms with van der Waals surface area (Å²) in [5.41, 5.74) is 0.279. The molecule has 0 amide bonds. The van der Waals surface area contributed by atoms with Crippen LogP contribution in [-0.2, 0) is 4.74 Å². The highest BCUT2D eigenvalue weighted by Crippen LogP contribution is 2.38. The van der Waals surface area contributed by atoms with E-state index in [0.29, 0.717) is 5.92 Å². The maximum Gasteiger partial charge on any atom is 0.0550 e. The van der Waals surface area contributed by atoms with E-state index in [9.17, 15) is 0 Å². The van der Waals surface area contributed by atoms with E-state index in [-0.39, 0.29) is 5.41 Å². The highest BCUT2D eigenvalue weighted by atomic mass is 35.5. The molecule has 10 heavy (non-hydrogen) atoms. The fourth-order valence-electron chi connectivity index (χ4n) is 1.86. The third kappa shape index (κ3) is 0.792. The number of halogens is 1. The zero-order valence-corrected chi connectivity index (χ0v) is 6.66. The quantitative estimate of drug-likeness (QED) is 0.565. The number of nitrogens with one attached hydrogen (secondary N) is 1. The molecule has 58 valence electrons. The van der Waals surface area contributed by atoms with Gasteiger partial charge in [-0.05, 0) is 0 Å². The highest BCUT2D eigenvalue weighted by molar-refractivity contribution is 6.18. The van der Waals surface area contributed by atoms with Gasteiger partial charge in [0.05, 0.1) is 13.2 Å². The molecule has 0 aromatic carbocycles. The summed E-state index contributed by atoms with van der Waals surface area (Å²) in [5.74, 6) is 1.41. The molecular weight excluding hydrogens is 150 g/mol. The highest BCUT2D eigenvalue weighted by Gasteiger charge is 2.46.